The van der Waals surface area contributed by atoms with Crippen molar-refractivity contribution in [2.24, 2.45) is 11.7 Å². The maximum absolute atomic E-state index is 5.94. The van der Waals surface area contributed by atoms with Gasteiger partial charge in [-0.15, -0.1) is 0 Å². The van der Waals surface area contributed by atoms with Crippen LogP contribution in [-0.2, 0) is 0 Å². The first-order valence-electron chi connectivity index (χ1n) is 5.34. The Kier molecular flexibility index (Phi) is 5.03. The van der Waals surface area contributed by atoms with Gasteiger partial charge >= 0.3 is 0 Å². The van der Waals surface area contributed by atoms with E-state index in [1.807, 2.05) is 12.1 Å². The second-order valence-electron chi connectivity index (χ2n) is 4.16. The van der Waals surface area contributed by atoms with Gasteiger partial charge < -0.3 is 11.1 Å². The molecule has 0 unspecified atom stereocenters. The molecule has 0 aliphatic heterocycles. The summed E-state index contributed by atoms with van der Waals surface area (Å²) in [7, 11) is 0. The summed E-state index contributed by atoms with van der Waals surface area (Å²) in [4.78, 5) is 0.392. The highest BCUT2D eigenvalue weighted by Gasteiger charge is 2.05. The zero-order chi connectivity index (χ0) is 12.1. The van der Waals surface area contributed by atoms with Gasteiger partial charge in [-0.25, -0.2) is 0 Å². The second kappa shape index (κ2) is 6.06. The molecule has 16 heavy (non-hydrogen) atoms. The average Bonchev–Trinajstić information content (AvgIpc) is 2.16. The number of rotatable bonds is 5. The lowest BCUT2D eigenvalue weighted by atomic mass is 10.1. The smallest absolute Gasteiger partial charge is 0.106 e. The Hall–Kier alpha value is -0.800. The number of thiocarbonyl (C=S) groups is 1. The summed E-state index contributed by atoms with van der Waals surface area (Å²) >= 11 is 10.9. The molecule has 1 rings (SSSR count). The summed E-state index contributed by atoms with van der Waals surface area (Å²) in [5.74, 6) is 0.667. The Balaban J connectivity index is 2.76. The number of nitrogens with two attached hydrogens (primary N) is 1. The zero-order valence-electron chi connectivity index (χ0n) is 9.59. The number of halogens is 1. The molecule has 0 heterocycles. The van der Waals surface area contributed by atoms with Crippen LogP contribution in [0.1, 0.15) is 25.8 Å². The predicted octanol–water partition coefficient (Wildman–Crippen LogP) is 3.43. The van der Waals surface area contributed by atoms with E-state index in [1.165, 1.54) is 0 Å². The van der Waals surface area contributed by atoms with Crippen molar-refractivity contribution in [3.05, 3.63) is 28.8 Å². The number of nitrogens with one attached hydrogen (secondary N) is 1. The van der Waals surface area contributed by atoms with Crippen LogP contribution >= 0.6 is 23.8 Å². The summed E-state index contributed by atoms with van der Waals surface area (Å²) in [6.07, 6.45) is 1.10. The Labute approximate surface area is 107 Å². The molecular formula is C12H17ClN2S. The monoisotopic (exact) mass is 256 g/mol. The lowest BCUT2D eigenvalue weighted by Gasteiger charge is -2.12. The molecule has 0 fully saturated rings. The molecule has 3 N–H and O–H groups in total. The second-order valence-corrected chi connectivity index (χ2v) is 5.04. The molecule has 0 bridgehead atoms. The molecule has 1 aromatic carbocycles. The largest absolute Gasteiger partial charge is 0.389 e. The van der Waals surface area contributed by atoms with Crippen LogP contribution in [0.5, 0.6) is 0 Å². The number of anilines is 1. The fourth-order valence-electron chi connectivity index (χ4n) is 1.37. The quantitative estimate of drug-likeness (QED) is 0.793. The molecule has 4 heteroatoms. The Morgan fingerprint density at radius 3 is 2.75 bits per heavy atom. The summed E-state index contributed by atoms with van der Waals surface area (Å²) in [5, 5.41) is 4.00. The van der Waals surface area contributed by atoms with Gasteiger partial charge in [-0.1, -0.05) is 37.7 Å². The summed E-state index contributed by atoms with van der Waals surface area (Å²) < 4.78 is 0. The molecule has 2 nitrogen and oxygen atoms in total. The van der Waals surface area contributed by atoms with E-state index in [9.17, 15) is 0 Å². The van der Waals surface area contributed by atoms with Gasteiger partial charge in [0.1, 0.15) is 4.99 Å². The van der Waals surface area contributed by atoms with Gasteiger partial charge in [-0.05, 0) is 30.5 Å². The first-order valence-corrected chi connectivity index (χ1v) is 6.12. The highest BCUT2D eigenvalue weighted by molar-refractivity contribution is 7.80. The van der Waals surface area contributed by atoms with Crippen molar-refractivity contribution in [1.29, 1.82) is 0 Å². The van der Waals surface area contributed by atoms with Gasteiger partial charge in [-0.3, -0.25) is 0 Å². The van der Waals surface area contributed by atoms with E-state index >= 15 is 0 Å². The van der Waals surface area contributed by atoms with Crippen LogP contribution < -0.4 is 11.1 Å². The lowest BCUT2D eigenvalue weighted by molar-refractivity contribution is 0.607. The van der Waals surface area contributed by atoms with Crippen LogP contribution in [0.25, 0.3) is 0 Å². The van der Waals surface area contributed by atoms with Gasteiger partial charge in [-0.2, -0.15) is 0 Å². The molecule has 88 valence electrons. The SMILES string of the molecule is CC(C)CCNc1cc(Cl)ccc1C(N)=S. The minimum Gasteiger partial charge on any atom is -0.389 e. The highest BCUT2D eigenvalue weighted by atomic mass is 35.5. The Bertz CT molecular complexity index is 377. The molecule has 0 aromatic heterocycles. The fraction of sp³-hybridized carbons (Fsp3) is 0.417. The first-order chi connectivity index (χ1) is 7.50. The van der Waals surface area contributed by atoms with Gasteiger partial charge in [0.15, 0.2) is 0 Å². The van der Waals surface area contributed by atoms with Gasteiger partial charge in [0.2, 0.25) is 0 Å². The molecule has 0 saturated heterocycles. The number of benzene rings is 1. The molecule has 0 saturated carbocycles. The van der Waals surface area contributed by atoms with E-state index in [0.29, 0.717) is 15.9 Å². The van der Waals surface area contributed by atoms with Crippen molar-refractivity contribution in [3.8, 4) is 0 Å². The normalized spacial score (nSPS) is 10.5. The molecule has 0 aliphatic rings. The van der Waals surface area contributed by atoms with E-state index in [1.54, 1.807) is 6.07 Å². The molecule has 0 atom stereocenters. The predicted molar refractivity (Wildman–Crippen MR) is 75.3 cm³/mol. The molecular weight excluding hydrogens is 240 g/mol. The van der Waals surface area contributed by atoms with Crippen molar-refractivity contribution in [1.82, 2.24) is 0 Å². The third-order valence-electron chi connectivity index (χ3n) is 2.28. The van der Waals surface area contributed by atoms with Crippen LogP contribution in [-0.4, -0.2) is 11.5 Å². The van der Waals surface area contributed by atoms with Crippen molar-refractivity contribution >= 4 is 34.5 Å². The Morgan fingerprint density at radius 2 is 2.19 bits per heavy atom. The number of hydrogen-bond donors (Lipinski definition) is 2. The maximum Gasteiger partial charge on any atom is 0.106 e. The van der Waals surface area contributed by atoms with Crippen LogP contribution in [0.4, 0.5) is 5.69 Å². The van der Waals surface area contributed by atoms with Crippen molar-refractivity contribution < 1.29 is 0 Å². The van der Waals surface area contributed by atoms with E-state index in [-0.39, 0.29) is 0 Å². The Morgan fingerprint density at radius 1 is 1.50 bits per heavy atom. The van der Waals surface area contributed by atoms with E-state index < -0.39 is 0 Å². The van der Waals surface area contributed by atoms with Crippen molar-refractivity contribution in [2.75, 3.05) is 11.9 Å². The first kappa shape index (κ1) is 13.3. The van der Waals surface area contributed by atoms with Crippen LogP contribution in [0.15, 0.2) is 18.2 Å². The summed E-state index contributed by atoms with van der Waals surface area (Å²) in [6.45, 7) is 5.27. The maximum atomic E-state index is 5.94. The topological polar surface area (TPSA) is 38.0 Å². The van der Waals surface area contributed by atoms with Crippen molar-refractivity contribution in [3.63, 3.8) is 0 Å². The van der Waals surface area contributed by atoms with E-state index in [0.717, 1.165) is 24.2 Å². The standard InChI is InChI=1S/C12H17ClN2S/c1-8(2)5-6-15-11-7-9(13)3-4-10(11)12(14)16/h3-4,7-8,15H,5-6H2,1-2H3,(H2,14,16). The zero-order valence-corrected chi connectivity index (χ0v) is 11.2. The third kappa shape index (κ3) is 3.99. The summed E-state index contributed by atoms with van der Waals surface area (Å²) in [6, 6.07) is 5.50. The molecule has 0 spiro atoms. The van der Waals surface area contributed by atoms with E-state index in [2.05, 4.69) is 19.2 Å². The van der Waals surface area contributed by atoms with Crippen LogP contribution in [0.2, 0.25) is 5.02 Å². The van der Waals surface area contributed by atoms with Crippen LogP contribution in [0, 0.1) is 5.92 Å². The highest BCUT2D eigenvalue weighted by Crippen LogP contribution is 2.21. The van der Waals surface area contributed by atoms with Crippen LogP contribution in [0.3, 0.4) is 0 Å². The van der Waals surface area contributed by atoms with Gasteiger partial charge in [0, 0.05) is 22.8 Å². The van der Waals surface area contributed by atoms with Gasteiger partial charge in [0.05, 0.1) is 0 Å². The van der Waals surface area contributed by atoms with Crippen molar-refractivity contribution in [2.45, 2.75) is 20.3 Å². The van der Waals surface area contributed by atoms with E-state index in [4.69, 9.17) is 29.6 Å². The molecule has 1 aromatic rings. The molecule has 0 radical (unpaired) electrons. The fourth-order valence-corrected chi connectivity index (χ4v) is 1.72. The summed E-state index contributed by atoms with van der Waals surface area (Å²) in [5.41, 5.74) is 7.41. The third-order valence-corrected chi connectivity index (χ3v) is 2.74. The average molecular weight is 257 g/mol. The minimum absolute atomic E-state index is 0.392. The minimum atomic E-state index is 0.392. The van der Waals surface area contributed by atoms with Gasteiger partial charge in [0.25, 0.3) is 0 Å². The molecule has 0 aliphatic carbocycles. The molecule has 0 amide bonds. The lowest BCUT2D eigenvalue weighted by Crippen LogP contribution is -2.14. The number of hydrogen-bond acceptors (Lipinski definition) is 2.